The molecule has 0 aromatic heterocycles. The summed E-state index contributed by atoms with van der Waals surface area (Å²) in [4.78, 5) is 26.6. The molecular weight excluding hydrogens is 532 g/mol. The summed E-state index contributed by atoms with van der Waals surface area (Å²) >= 11 is 0. The molecule has 5 atom stereocenters. The van der Waals surface area contributed by atoms with Crippen molar-refractivity contribution in [3.63, 3.8) is 0 Å². The highest BCUT2D eigenvalue weighted by atomic mass is 16.3. The van der Waals surface area contributed by atoms with E-state index < -0.39 is 5.60 Å². The quantitative estimate of drug-likeness (QED) is 0.212. The highest BCUT2D eigenvalue weighted by Gasteiger charge is 2.62. The lowest BCUT2D eigenvalue weighted by molar-refractivity contribution is -0.121. The van der Waals surface area contributed by atoms with Crippen molar-refractivity contribution in [2.75, 3.05) is 25.0 Å². The smallest absolute Gasteiger partial charge is 0.219 e. The number of fused-ring (bicyclic) bond motifs is 4. The maximum absolute atomic E-state index is 12.3. The zero-order valence-electron chi connectivity index (χ0n) is 26.9. The van der Waals surface area contributed by atoms with Crippen LogP contribution in [0, 0.1) is 29.1 Å². The molecule has 1 amide bonds. The largest absolute Gasteiger partial charge is 0.377 e. The summed E-state index contributed by atoms with van der Waals surface area (Å²) in [5.74, 6) is 7.86. The van der Waals surface area contributed by atoms with Gasteiger partial charge in [0.15, 0.2) is 5.78 Å². The first-order chi connectivity index (χ1) is 20.7. The summed E-state index contributed by atoms with van der Waals surface area (Å²) < 4.78 is 0. The van der Waals surface area contributed by atoms with E-state index in [1.807, 2.05) is 13.0 Å². The van der Waals surface area contributed by atoms with Gasteiger partial charge in [-0.05, 0) is 111 Å². The molecule has 0 aliphatic heterocycles. The number of nitrogens with zero attached hydrogens (tertiary/aromatic N) is 1. The van der Waals surface area contributed by atoms with E-state index in [4.69, 9.17) is 0 Å². The van der Waals surface area contributed by atoms with Gasteiger partial charge in [-0.25, -0.2) is 0 Å². The van der Waals surface area contributed by atoms with E-state index in [-0.39, 0.29) is 23.0 Å². The third-order valence-electron chi connectivity index (χ3n) is 11.2. The van der Waals surface area contributed by atoms with Crippen molar-refractivity contribution >= 4 is 17.4 Å². The highest BCUT2D eigenvalue weighted by Crippen LogP contribution is 2.66. The number of benzene rings is 1. The molecule has 0 spiro atoms. The SMILES string of the molecule is CC#C[C@]1(O)CC[C@H]2[C@@H]3CCC4=CC(=O)CCC4=C3[C@@H](c3ccc(N(C)CCCCCC(=O)NCCCC)cc3)C[C@@]21C. The molecule has 4 aliphatic rings. The molecule has 0 saturated heterocycles. The van der Waals surface area contributed by atoms with Crippen molar-refractivity contribution < 1.29 is 14.7 Å². The first-order valence-electron chi connectivity index (χ1n) is 16.9. The number of rotatable bonds is 11. The van der Waals surface area contributed by atoms with Gasteiger partial charge in [-0.1, -0.05) is 50.3 Å². The number of carbonyl (C=O) groups excluding carboxylic acids is 2. The Morgan fingerprint density at radius 3 is 2.63 bits per heavy atom. The number of allylic oxidation sites excluding steroid dienone is 4. The van der Waals surface area contributed by atoms with Crippen LogP contribution in [0.1, 0.15) is 116 Å². The molecule has 2 saturated carbocycles. The fourth-order valence-corrected chi connectivity index (χ4v) is 8.77. The van der Waals surface area contributed by atoms with Crippen molar-refractivity contribution in [2.24, 2.45) is 17.3 Å². The van der Waals surface area contributed by atoms with Gasteiger partial charge in [0.25, 0.3) is 0 Å². The number of ketones is 1. The predicted molar refractivity (Wildman–Crippen MR) is 175 cm³/mol. The van der Waals surface area contributed by atoms with Crippen LogP contribution in [0.15, 0.2) is 47.1 Å². The number of carbonyl (C=O) groups is 2. The number of hydrogen-bond acceptors (Lipinski definition) is 4. The zero-order valence-corrected chi connectivity index (χ0v) is 26.9. The van der Waals surface area contributed by atoms with E-state index >= 15 is 0 Å². The van der Waals surface area contributed by atoms with Crippen LogP contribution in [0.4, 0.5) is 5.69 Å². The van der Waals surface area contributed by atoms with Gasteiger partial charge in [0.05, 0.1) is 0 Å². The van der Waals surface area contributed by atoms with E-state index in [1.54, 1.807) is 5.57 Å². The van der Waals surface area contributed by atoms with Crippen molar-refractivity contribution in [3.05, 3.63) is 52.6 Å². The summed E-state index contributed by atoms with van der Waals surface area (Å²) in [5, 5.41) is 14.9. The van der Waals surface area contributed by atoms with Crippen LogP contribution < -0.4 is 10.2 Å². The lowest BCUT2D eigenvalue weighted by Gasteiger charge is -2.53. The van der Waals surface area contributed by atoms with Crippen LogP contribution in [0.3, 0.4) is 0 Å². The number of nitrogens with one attached hydrogen (secondary N) is 1. The Morgan fingerprint density at radius 1 is 1.09 bits per heavy atom. The first kappa shape index (κ1) is 31.6. The van der Waals surface area contributed by atoms with E-state index in [9.17, 15) is 14.7 Å². The number of unbranched alkanes of at least 4 members (excludes halogenated alkanes) is 3. The Balaban J connectivity index is 1.31. The van der Waals surface area contributed by atoms with Gasteiger partial charge in [-0.2, -0.15) is 0 Å². The van der Waals surface area contributed by atoms with Crippen LogP contribution in [-0.2, 0) is 9.59 Å². The molecule has 0 bridgehead atoms. The molecular formula is C38H52N2O3. The van der Waals surface area contributed by atoms with Crippen molar-refractivity contribution in [1.82, 2.24) is 5.32 Å². The molecule has 43 heavy (non-hydrogen) atoms. The van der Waals surface area contributed by atoms with Crippen LogP contribution in [0.5, 0.6) is 0 Å². The van der Waals surface area contributed by atoms with Gasteiger partial charge < -0.3 is 15.3 Å². The highest BCUT2D eigenvalue weighted by molar-refractivity contribution is 5.93. The zero-order chi connectivity index (χ0) is 30.6. The fourth-order valence-electron chi connectivity index (χ4n) is 8.77. The maximum atomic E-state index is 12.3. The van der Waals surface area contributed by atoms with Gasteiger partial charge in [0.2, 0.25) is 5.91 Å². The van der Waals surface area contributed by atoms with E-state index in [1.165, 1.54) is 22.4 Å². The van der Waals surface area contributed by atoms with E-state index in [0.29, 0.717) is 24.7 Å². The molecule has 1 aromatic rings. The van der Waals surface area contributed by atoms with Crippen molar-refractivity contribution in [1.29, 1.82) is 0 Å². The summed E-state index contributed by atoms with van der Waals surface area (Å²) in [6.07, 6.45) is 13.9. The van der Waals surface area contributed by atoms with Crippen LogP contribution in [0.25, 0.3) is 0 Å². The Hall–Kier alpha value is -2.84. The second-order valence-corrected chi connectivity index (χ2v) is 13.8. The second-order valence-electron chi connectivity index (χ2n) is 13.8. The van der Waals surface area contributed by atoms with Gasteiger partial charge >= 0.3 is 0 Å². The summed E-state index contributed by atoms with van der Waals surface area (Å²) in [7, 11) is 2.15. The number of amides is 1. The minimum absolute atomic E-state index is 0.178. The molecule has 5 nitrogen and oxygen atoms in total. The van der Waals surface area contributed by atoms with Crippen LogP contribution >= 0.6 is 0 Å². The Labute approximate surface area is 259 Å². The first-order valence-corrected chi connectivity index (χ1v) is 16.9. The minimum Gasteiger partial charge on any atom is -0.377 e. The van der Waals surface area contributed by atoms with Gasteiger partial charge in [0.1, 0.15) is 5.60 Å². The van der Waals surface area contributed by atoms with Gasteiger partial charge in [-0.15, -0.1) is 5.92 Å². The maximum Gasteiger partial charge on any atom is 0.219 e. The molecule has 5 rings (SSSR count). The lowest BCUT2D eigenvalue weighted by Crippen LogP contribution is -2.51. The van der Waals surface area contributed by atoms with Gasteiger partial charge in [-0.3, -0.25) is 9.59 Å². The molecule has 0 radical (unpaired) electrons. The summed E-state index contributed by atoms with van der Waals surface area (Å²) in [6.45, 7) is 8.04. The Bertz CT molecular complexity index is 1310. The summed E-state index contributed by atoms with van der Waals surface area (Å²) in [5.41, 5.74) is 5.58. The monoisotopic (exact) mass is 584 g/mol. The topological polar surface area (TPSA) is 69.6 Å². The van der Waals surface area contributed by atoms with Crippen LogP contribution in [0.2, 0.25) is 0 Å². The van der Waals surface area contributed by atoms with Crippen molar-refractivity contribution in [2.45, 2.75) is 116 Å². The van der Waals surface area contributed by atoms with E-state index in [2.05, 4.69) is 67.2 Å². The molecule has 0 unspecified atom stereocenters. The normalized spacial score (nSPS) is 29.6. The third-order valence-corrected chi connectivity index (χ3v) is 11.2. The molecule has 5 heteroatoms. The average Bonchev–Trinajstić information content (AvgIpc) is 3.26. The van der Waals surface area contributed by atoms with Gasteiger partial charge in [0, 0.05) is 50.0 Å². The molecule has 2 N–H and O–H groups in total. The lowest BCUT2D eigenvalue weighted by atomic mass is 9.51. The average molecular weight is 585 g/mol. The number of aliphatic hydroxyl groups is 1. The number of anilines is 1. The molecule has 232 valence electrons. The summed E-state index contributed by atoms with van der Waals surface area (Å²) in [6, 6.07) is 9.11. The predicted octanol–water partition coefficient (Wildman–Crippen LogP) is 7.25. The molecule has 4 aliphatic carbocycles. The third kappa shape index (κ3) is 6.37. The standard InChI is InChI=1S/C38H52N2O3/c1-5-7-23-39-35(42)11-9-8-10-24-40(4)29-15-12-27(13-16-29)33-26-37(3)34(20-22-38(37,43)21-6-2)32-18-14-28-25-30(41)17-19-31(28)36(32)33/h12-13,15-16,25,32-34,43H,5,7-11,14,17-20,22-24,26H2,1-4H3,(H,39,42)/t32-,33+,34-,37-,38-/m0/s1. The number of hydrogen-bond donors (Lipinski definition) is 2. The van der Waals surface area contributed by atoms with Crippen molar-refractivity contribution in [3.8, 4) is 11.8 Å². The minimum atomic E-state index is -0.949. The Morgan fingerprint density at radius 2 is 1.88 bits per heavy atom. The fraction of sp³-hybridized carbons (Fsp3) is 0.632. The molecule has 0 heterocycles. The van der Waals surface area contributed by atoms with E-state index in [0.717, 1.165) is 83.7 Å². The molecule has 1 aromatic carbocycles. The Kier molecular flexibility index (Phi) is 9.86. The second kappa shape index (κ2) is 13.4. The molecule has 2 fully saturated rings. The van der Waals surface area contributed by atoms with Crippen LogP contribution in [-0.4, -0.2) is 42.5 Å².